The first-order valence-electron chi connectivity index (χ1n) is 11.6. The lowest BCUT2D eigenvalue weighted by molar-refractivity contribution is -0.118. The van der Waals surface area contributed by atoms with Gasteiger partial charge in [0.15, 0.2) is 0 Å². The molecule has 4 rings (SSSR count). The molecule has 3 aromatic rings. The van der Waals surface area contributed by atoms with Crippen LogP contribution in [0.3, 0.4) is 0 Å². The molecule has 36 heavy (non-hydrogen) atoms. The SMILES string of the molecule is CCOc1cncc(-c2ccc(NC(=O)C(CCOC)c3ccnc(NS(=O)(=O)C4CC4)n3)cc2)n1. The van der Waals surface area contributed by atoms with Crippen LogP contribution in [0, 0.1) is 0 Å². The molecule has 0 aliphatic heterocycles. The average Bonchev–Trinajstić information content (AvgIpc) is 3.72. The minimum Gasteiger partial charge on any atom is -0.477 e. The highest BCUT2D eigenvalue weighted by molar-refractivity contribution is 7.93. The van der Waals surface area contributed by atoms with Gasteiger partial charge in [0.25, 0.3) is 0 Å². The number of carbonyl (C=O) groups excluding carboxylic acids is 1. The molecule has 0 radical (unpaired) electrons. The molecule has 190 valence electrons. The summed E-state index contributed by atoms with van der Waals surface area (Å²) in [5.74, 6) is -0.579. The van der Waals surface area contributed by atoms with Crippen molar-refractivity contribution in [1.82, 2.24) is 19.9 Å². The molecule has 1 aliphatic rings. The largest absolute Gasteiger partial charge is 0.477 e. The summed E-state index contributed by atoms with van der Waals surface area (Å²) in [5.41, 5.74) is 2.46. The van der Waals surface area contributed by atoms with Crippen LogP contribution in [0.25, 0.3) is 11.3 Å². The first kappa shape index (κ1) is 25.5. The maximum atomic E-state index is 13.2. The standard InChI is InChI=1S/C24H28N6O5S/c1-3-35-22-15-25-14-21(28-22)16-4-6-17(7-5-16)27-23(31)19(11-13-34-2)20-10-12-26-24(29-20)30-36(32,33)18-8-9-18/h4-7,10,12,14-15,18-19H,3,8-9,11,13H2,1-2H3,(H,27,31)(H,26,29,30). The Balaban J connectivity index is 1.48. The van der Waals surface area contributed by atoms with Crippen molar-refractivity contribution in [2.75, 3.05) is 30.4 Å². The second-order valence-electron chi connectivity index (χ2n) is 8.23. The van der Waals surface area contributed by atoms with E-state index >= 15 is 0 Å². The van der Waals surface area contributed by atoms with E-state index in [-0.39, 0.29) is 11.9 Å². The monoisotopic (exact) mass is 512 g/mol. The van der Waals surface area contributed by atoms with Crippen molar-refractivity contribution in [1.29, 1.82) is 0 Å². The lowest BCUT2D eigenvalue weighted by atomic mass is 10.00. The Kier molecular flexibility index (Phi) is 8.06. The molecule has 1 amide bonds. The van der Waals surface area contributed by atoms with E-state index in [9.17, 15) is 13.2 Å². The molecular weight excluding hydrogens is 484 g/mol. The van der Waals surface area contributed by atoms with Crippen LogP contribution in [0.15, 0.2) is 48.9 Å². The van der Waals surface area contributed by atoms with E-state index in [0.29, 0.717) is 55.4 Å². The molecule has 2 aromatic heterocycles. The number of amides is 1. The number of anilines is 2. The number of benzene rings is 1. The second kappa shape index (κ2) is 11.4. The number of carbonyl (C=O) groups is 1. The summed E-state index contributed by atoms with van der Waals surface area (Å²) in [4.78, 5) is 30.1. The number of ether oxygens (including phenoxy) is 2. The number of sulfonamides is 1. The van der Waals surface area contributed by atoms with Gasteiger partial charge >= 0.3 is 0 Å². The van der Waals surface area contributed by atoms with E-state index in [4.69, 9.17) is 9.47 Å². The molecule has 1 fully saturated rings. The highest BCUT2D eigenvalue weighted by Crippen LogP contribution is 2.29. The van der Waals surface area contributed by atoms with Crippen molar-refractivity contribution in [3.8, 4) is 17.1 Å². The van der Waals surface area contributed by atoms with Crippen LogP contribution < -0.4 is 14.8 Å². The van der Waals surface area contributed by atoms with Crippen molar-refractivity contribution in [2.24, 2.45) is 0 Å². The quantitative estimate of drug-likeness (QED) is 0.374. The molecule has 0 saturated heterocycles. The molecule has 1 unspecified atom stereocenters. The highest BCUT2D eigenvalue weighted by atomic mass is 32.2. The van der Waals surface area contributed by atoms with Gasteiger partial charge in [-0.15, -0.1) is 0 Å². The molecule has 0 spiro atoms. The number of nitrogens with zero attached hydrogens (tertiary/aromatic N) is 4. The molecule has 1 saturated carbocycles. The van der Waals surface area contributed by atoms with E-state index in [1.807, 2.05) is 19.1 Å². The van der Waals surface area contributed by atoms with Crippen molar-refractivity contribution in [3.05, 3.63) is 54.6 Å². The molecular formula is C24H28N6O5S. The summed E-state index contributed by atoms with van der Waals surface area (Å²) in [7, 11) is -1.97. The van der Waals surface area contributed by atoms with Crippen LogP contribution in [0.5, 0.6) is 5.88 Å². The molecule has 1 aromatic carbocycles. The van der Waals surface area contributed by atoms with Gasteiger partial charge in [-0.1, -0.05) is 12.1 Å². The predicted molar refractivity (Wildman–Crippen MR) is 134 cm³/mol. The molecule has 2 N–H and O–H groups in total. The summed E-state index contributed by atoms with van der Waals surface area (Å²) < 4.78 is 37.5. The van der Waals surface area contributed by atoms with Crippen molar-refractivity contribution >= 4 is 27.6 Å². The second-order valence-corrected chi connectivity index (χ2v) is 10.2. The highest BCUT2D eigenvalue weighted by Gasteiger charge is 2.36. The van der Waals surface area contributed by atoms with E-state index in [1.165, 1.54) is 6.20 Å². The third-order valence-electron chi connectivity index (χ3n) is 5.51. The summed E-state index contributed by atoms with van der Waals surface area (Å²) in [6.45, 7) is 2.69. The topological polar surface area (TPSA) is 145 Å². The van der Waals surface area contributed by atoms with Gasteiger partial charge in [-0.3, -0.25) is 14.5 Å². The van der Waals surface area contributed by atoms with Crippen LogP contribution in [0.2, 0.25) is 0 Å². The van der Waals surface area contributed by atoms with Crippen molar-refractivity contribution in [2.45, 2.75) is 37.4 Å². The Hall–Kier alpha value is -3.64. The van der Waals surface area contributed by atoms with Crippen molar-refractivity contribution in [3.63, 3.8) is 0 Å². The number of hydrogen-bond acceptors (Lipinski definition) is 9. The predicted octanol–water partition coefficient (Wildman–Crippen LogP) is 3.00. The summed E-state index contributed by atoms with van der Waals surface area (Å²) in [6, 6.07) is 8.79. The third-order valence-corrected chi connectivity index (χ3v) is 7.33. The maximum Gasteiger partial charge on any atom is 0.237 e. The van der Waals surface area contributed by atoms with E-state index in [0.717, 1.165) is 5.56 Å². The minimum absolute atomic E-state index is 0.0469. The molecule has 1 aliphatic carbocycles. The molecule has 11 nitrogen and oxygen atoms in total. The lowest BCUT2D eigenvalue weighted by Crippen LogP contribution is -2.24. The van der Waals surface area contributed by atoms with E-state index < -0.39 is 21.2 Å². The maximum absolute atomic E-state index is 13.2. The van der Waals surface area contributed by atoms with Gasteiger partial charge < -0.3 is 14.8 Å². The molecule has 1 atom stereocenters. The number of aromatic nitrogens is 4. The summed E-state index contributed by atoms with van der Waals surface area (Å²) >= 11 is 0. The Bertz CT molecular complexity index is 1300. The Morgan fingerprint density at radius 3 is 2.61 bits per heavy atom. The first-order chi connectivity index (χ1) is 17.4. The first-order valence-corrected chi connectivity index (χ1v) is 13.1. The zero-order valence-electron chi connectivity index (χ0n) is 20.0. The van der Waals surface area contributed by atoms with E-state index in [2.05, 4.69) is 30.0 Å². The van der Waals surface area contributed by atoms with Crippen LogP contribution in [-0.2, 0) is 19.6 Å². The molecule has 12 heteroatoms. The van der Waals surface area contributed by atoms with Gasteiger partial charge in [-0.05, 0) is 44.4 Å². The van der Waals surface area contributed by atoms with Gasteiger partial charge in [-0.25, -0.2) is 23.4 Å². The summed E-state index contributed by atoms with van der Waals surface area (Å²) in [6.07, 6.45) is 6.23. The smallest absolute Gasteiger partial charge is 0.237 e. The summed E-state index contributed by atoms with van der Waals surface area (Å²) in [5, 5.41) is 2.49. The van der Waals surface area contributed by atoms with Crippen LogP contribution in [-0.4, -0.2) is 59.8 Å². The van der Waals surface area contributed by atoms with Gasteiger partial charge in [0.05, 0.1) is 41.6 Å². The number of nitrogens with one attached hydrogen (secondary N) is 2. The van der Waals surface area contributed by atoms with Crippen molar-refractivity contribution < 1.29 is 22.7 Å². The van der Waals surface area contributed by atoms with Crippen LogP contribution in [0.1, 0.15) is 37.8 Å². The zero-order chi connectivity index (χ0) is 25.5. The van der Waals surface area contributed by atoms with Gasteiger partial charge in [0, 0.05) is 31.2 Å². The van der Waals surface area contributed by atoms with Gasteiger partial charge in [-0.2, -0.15) is 0 Å². The van der Waals surface area contributed by atoms with E-state index in [1.54, 1.807) is 37.7 Å². The molecule has 0 bridgehead atoms. The molecule has 2 heterocycles. The Morgan fingerprint density at radius 2 is 1.92 bits per heavy atom. The fraction of sp³-hybridized carbons (Fsp3) is 0.375. The lowest BCUT2D eigenvalue weighted by Gasteiger charge is -2.17. The van der Waals surface area contributed by atoms with Crippen LogP contribution >= 0.6 is 0 Å². The Labute approximate surface area is 209 Å². The number of hydrogen-bond donors (Lipinski definition) is 2. The normalized spacial score (nSPS) is 14.2. The zero-order valence-corrected chi connectivity index (χ0v) is 20.9. The number of rotatable bonds is 12. The fourth-order valence-electron chi connectivity index (χ4n) is 3.51. The average molecular weight is 513 g/mol. The van der Waals surface area contributed by atoms with Gasteiger partial charge in [0.1, 0.15) is 0 Å². The van der Waals surface area contributed by atoms with Crippen LogP contribution in [0.4, 0.5) is 11.6 Å². The number of methoxy groups -OCH3 is 1. The third kappa shape index (κ3) is 6.52. The fourth-order valence-corrected chi connectivity index (χ4v) is 4.79. The minimum atomic E-state index is -3.52. The van der Waals surface area contributed by atoms with Gasteiger partial charge in [0.2, 0.25) is 27.8 Å². The Morgan fingerprint density at radius 1 is 1.14 bits per heavy atom.